The Labute approximate surface area is 125 Å². The molecule has 2 rings (SSSR count). The lowest BCUT2D eigenvalue weighted by molar-refractivity contribution is 0.337. The maximum atomic E-state index is 11.2. The summed E-state index contributed by atoms with van der Waals surface area (Å²) in [7, 11) is -9.92. The lowest BCUT2D eigenvalue weighted by Gasteiger charge is -2.18. The molecular weight excluding hydrogens is 332 g/mol. The summed E-state index contributed by atoms with van der Waals surface area (Å²) >= 11 is 0. The number of benzene rings is 1. The summed E-state index contributed by atoms with van der Waals surface area (Å²) in [6, 6.07) is 9.31. The molecule has 0 aliphatic heterocycles. The number of rotatable bonds is 6. The fourth-order valence-electron chi connectivity index (χ4n) is 1.90. The van der Waals surface area contributed by atoms with Crippen LogP contribution in [0.15, 0.2) is 36.5 Å². The lowest BCUT2D eigenvalue weighted by Crippen LogP contribution is -2.13. The monoisotopic (exact) mass is 347 g/mol. The Bertz CT molecular complexity index is 700. The lowest BCUT2D eigenvalue weighted by atomic mass is 10.2. The average molecular weight is 347 g/mol. The molecule has 1 aromatic carbocycles. The molecule has 120 valence electrons. The van der Waals surface area contributed by atoms with Gasteiger partial charge in [-0.1, -0.05) is 35.5 Å². The van der Waals surface area contributed by atoms with Gasteiger partial charge in [0.25, 0.3) is 0 Å². The van der Waals surface area contributed by atoms with Gasteiger partial charge in [-0.15, -0.1) is 5.10 Å². The molecule has 0 radical (unpaired) electrons. The van der Waals surface area contributed by atoms with Crippen molar-refractivity contribution in [1.82, 2.24) is 15.0 Å². The first-order valence-corrected chi connectivity index (χ1v) is 9.56. The average Bonchev–Trinajstić information content (AvgIpc) is 2.82. The van der Waals surface area contributed by atoms with Crippen molar-refractivity contribution in [2.24, 2.45) is 0 Å². The van der Waals surface area contributed by atoms with E-state index in [9.17, 15) is 9.13 Å². The van der Waals surface area contributed by atoms with Crippen molar-refractivity contribution < 1.29 is 28.7 Å². The molecule has 1 aromatic heterocycles. The van der Waals surface area contributed by atoms with Gasteiger partial charge in [-0.3, -0.25) is 9.13 Å². The maximum absolute atomic E-state index is 11.2. The van der Waals surface area contributed by atoms with E-state index in [4.69, 9.17) is 19.6 Å². The molecule has 0 atom stereocenters. The van der Waals surface area contributed by atoms with Crippen LogP contribution in [0.1, 0.15) is 11.3 Å². The van der Waals surface area contributed by atoms with E-state index in [1.807, 2.05) is 30.3 Å². The first kappa shape index (κ1) is 17.0. The molecular formula is C11H15N3O6P2. The van der Waals surface area contributed by atoms with Crippen LogP contribution in [0.25, 0.3) is 0 Å². The Hall–Kier alpha value is -1.34. The second-order valence-corrected chi connectivity index (χ2v) is 8.77. The van der Waals surface area contributed by atoms with Crippen molar-refractivity contribution in [3.05, 3.63) is 47.8 Å². The van der Waals surface area contributed by atoms with Crippen molar-refractivity contribution in [2.45, 2.75) is 18.4 Å². The Morgan fingerprint density at radius 3 is 2.18 bits per heavy atom. The van der Waals surface area contributed by atoms with Crippen molar-refractivity contribution in [3.8, 4) is 0 Å². The second-order valence-electron chi connectivity index (χ2n) is 4.76. The summed E-state index contributed by atoms with van der Waals surface area (Å²) in [4.78, 5) is 36.3. The molecule has 0 aliphatic rings. The van der Waals surface area contributed by atoms with E-state index in [1.54, 1.807) is 0 Å². The van der Waals surface area contributed by atoms with Crippen LogP contribution in [0.3, 0.4) is 0 Å². The normalized spacial score (nSPS) is 12.8. The van der Waals surface area contributed by atoms with Crippen molar-refractivity contribution in [1.29, 1.82) is 0 Å². The van der Waals surface area contributed by atoms with E-state index in [-0.39, 0.29) is 5.69 Å². The minimum absolute atomic E-state index is 0.104. The molecule has 11 heteroatoms. The van der Waals surface area contributed by atoms with Gasteiger partial charge in [-0.05, 0) is 5.56 Å². The molecule has 0 aliphatic carbocycles. The second kappa shape index (κ2) is 6.42. The van der Waals surface area contributed by atoms with Crippen LogP contribution in [0.4, 0.5) is 0 Å². The fraction of sp³-hybridized carbons (Fsp3) is 0.273. The molecule has 0 bridgehead atoms. The molecule has 9 nitrogen and oxygen atoms in total. The van der Waals surface area contributed by atoms with E-state index in [0.29, 0.717) is 6.54 Å². The smallest absolute Gasteiger partial charge is 0.324 e. The van der Waals surface area contributed by atoms with Crippen molar-refractivity contribution in [3.63, 3.8) is 0 Å². The Balaban J connectivity index is 2.14. The van der Waals surface area contributed by atoms with E-state index in [2.05, 4.69) is 10.3 Å². The zero-order chi connectivity index (χ0) is 16.4. The van der Waals surface area contributed by atoms with Gasteiger partial charge in [0.05, 0.1) is 12.2 Å². The third-order valence-corrected chi connectivity index (χ3v) is 6.66. The van der Waals surface area contributed by atoms with Gasteiger partial charge in [0.15, 0.2) is 5.40 Å². The van der Waals surface area contributed by atoms with E-state index in [1.165, 1.54) is 10.9 Å². The van der Waals surface area contributed by atoms with Gasteiger partial charge < -0.3 is 19.6 Å². The van der Waals surface area contributed by atoms with Gasteiger partial charge >= 0.3 is 15.2 Å². The first-order valence-electron chi connectivity index (χ1n) is 6.19. The van der Waals surface area contributed by atoms with Crippen LogP contribution in [-0.2, 0) is 22.1 Å². The minimum atomic E-state index is -4.96. The van der Waals surface area contributed by atoms with Crippen molar-refractivity contribution in [2.75, 3.05) is 0 Å². The van der Waals surface area contributed by atoms with Gasteiger partial charge in [0.1, 0.15) is 0 Å². The summed E-state index contributed by atoms with van der Waals surface area (Å²) in [5.41, 5.74) is 1.05. The summed E-state index contributed by atoms with van der Waals surface area (Å²) in [5.74, 6) is 0. The first-order chi connectivity index (χ1) is 10.2. The molecule has 0 amide bonds. The topological polar surface area (TPSA) is 146 Å². The van der Waals surface area contributed by atoms with E-state index < -0.39 is 27.0 Å². The van der Waals surface area contributed by atoms with Crippen LogP contribution >= 0.6 is 15.2 Å². The van der Waals surface area contributed by atoms with Crippen LogP contribution < -0.4 is 0 Å². The van der Waals surface area contributed by atoms with Gasteiger partial charge in [0.2, 0.25) is 0 Å². The molecule has 0 fully saturated rings. The Morgan fingerprint density at radius 2 is 1.64 bits per heavy atom. The van der Waals surface area contributed by atoms with Crippen LogP contribution in [-0.4, -0.2) is 40.0 Å². The number of aromatic nitrogens is 3. The van der Waals surface area contributed by atoms with Gasteiger partial charge in [0, 0.05) is 12.6 Å². The van der Waals surface area contributed by atoms with E-state index >= 15 is 0 Å². The number of nitrogens with zero attached hydrogens (tertiary/aromatic N) is 3. The molecule has 22 heavy (non-hydrogen) atoms. The minimum Gasteiger partial charge on any atom is -0.324 e. The quantitative estimate of drug-likeness (QED) is 0.554. The molecule has 2 aromatic rings. The zero-order valence-electron chi connectivity index (χ0n) is 11.3. The van der Waals surface area contributed by atoms with Crippen LogP contribution in [0, 0.1) is 0 Å². The summed E-state index contributed by atoms with van der Waals surface area (Å²) in [6.07, 6.45) is 0.856. The van der Waals surface area contributed by atoms with Crippen molar-refractivity contribution >= 4 is 15.2 Å². The number of hydrogen-bond donors (Lipinski definition) is 4. The summed E-state index contributed by atoms with van der Waals surface area (Å²) in [6.45, 7) is 0.393. The maximum Gasteiger partial charge on any atom is 0.341 e. The Morgan fingerprint density at radius 1 is 1.05 bits per heavy atom. The predicted molar refractivity (Wildman–Crippen MR) is 77.1 cm³/mol. The third-order valence-electron chi connectivity index (χ3n) is 2.94. The highest BCUT2D eigenvalue weighted by Gasteiger charge is 2.43. The Kier molecular flexibility index (Phi) is 4.97. The third kappa shape index (κ3) is 4.58. The zero-order valence-corrected chi connectivity index (χ0v) is 13.1. The summed E-state index contributed by atoms with van der Waals surface area (Å²) in [5, 5.41) is 5.39. The predicted octanol–water partition coefficient (Wildman–Crippen LogP) is 0.550. The molecule has 0 spiro atoms. The number of hydrogen-bond acceptors (Lipinski definition) is 4. The van der Waals surface area contributed by atoms with Crippen LogP contribution in [0.5, 0.6) is 0 Å². The standard InChI is InChI=1S/C11H15N3O6P2/c15-21(16,17)11(22(18,19)20)6-10-8-14(13-12-10)7-9-4-2-1-3-5-9/h1-5,8,11H,6-7H2,(H2,15,16,17)(H2,18,19,20). The largest absolute Gasteiger partial charge is 0.341 e. The summed E-state index contributed by atoms with van der Waals surface area (Å²) < 4.78 is 23.9. The molecule has 0 saturated heterocycles. The highest BCUT2D eigenvalue weighted by molar-refractivity contribution is 7.70. The highest BCUT2D eigenvalue weighted by Crippen LogP contribution is 2.60. The van der Waals surface area contributed by atoms with Gasteiger partial charge in [-0.25, -0.2) is 4.68 Å². The SMILES string of the molecule is O=P(O)(O)C(Cc1cn(Cc2ccccc2)nn1)P(=O)(O)O. The fourth-order valence-corrected chi connectivity index (χ4v) is 4.32. The van der Waals surface area contributed by atoms with E-state index in [0.717, 1.165) is 5.56 Å². The highest BCUT2D eigenvalue weighted by atomic mass is 31.2. The molecule has 1 heterocycles. The molecule has 0 unspecified atom stereocenters. The molecule has 4 N–H and O–H groups in total. The van der Waals surface area contributed by atoms with Crippen LogP contribution in [0.2, 0.25) is 0 Å². The molecule has 0 saturated carbocycles. The van der Waals surface area contributed by atoms with Gasteiger partial charge in [-0.2, -0.15) is 0 Å².